The first-order valence-corrected chi connectivity index (χ1v) is 6.21. The molecule has 0 aliphatic rings. The lowest BCUT2D eigenvalue weighted by atomic mass is 9.93. The van der Waals surface area contributed by atoms with Gasteiger partial charge in [-0.2, -0.15) is 0 Å². The Bertz CT molecular complexity index is 431. The molecule has 0 saturated heterocycles. The molecule has 106 valence electrons. The van der Waals surface area contributed by atoms with Crippen molar-refractivity contribution in [2.24, 2.45) is 11.3 Å². The van der Waals surface area contributed by atoms with Crippen molar-refractivity contribution in [1.82, 2.24) is 15.2 Å². The lowest BCUT2D eigenvalue weighted by Crippen LogP contribution is -2.40. The van der Waals surface area contributed by atoms with Gasteiger partial charge in [-0.25, -0.2) is 10.8 Å². The van der Waals surface area contributed by atoms with Crippen molar-refractivity contribution < 1.29 is 4.79 Å². The summed E-state index contributed by atoms with van der Waals surface area (Å²) in [7, 11) is 4.03. The molecule has 0 aliphatic heterocycles. The lowest BCUT2D eigenvalue weighted by Gasteiger charge is -2.28. The maximum Gasteiger partial charge on any atom is 0.269 e. The Labute approximate surface area is 114 Å². The van der Waals surface area contributed by atoms with Crippen molar-refractivity contribution in [2.45, 2.75) is 13.8 Å². The number of aromatic nitrogens is 1. The van der Waals surface area contributed by atoms with Gasteiger partial charge in [0.1, 0.15) is 11.5 Å². The van der Waals surface area contributed by atoms with E-state index in [4.69, 9.17) is 5.84 Å². The van der Waals surface area contributed by atoms with E-state index in [1.54, 1.807) is 18.2 Å². The number of carbonyl (C=O) groups excluding carboxylic acids is 1. The molecule has 1 heterocycles. The zero-order valence-corrected chi connectivity index (χ0v) is 12.0. The average Bonchev–Trinajstić information content (AvgIpc) is 2.34. The fraction of sp³-hybridized carbons (Fsp3) is 0.538. The van der Waals surface area contributed by atoms with E-state index in [1.165, 1.54) is 0 Å². The molecule has 4 N–H and O–H groups in total. The molecule has 1 amide bonds. The first-order chi connectivity index (χ1) is 8.84. The van der Waals surface area contributed by atoms with Gasteiger partial charge in [-0.15, -0.1) is 0 Å². The third kappa shape index (κ3) is 5.23. The summed E-state index contributed by atoms with van der Waals surface area (Å²) in [6.07, 6.45) is 0. The number of nitrogens with two attached hydrogens (primary N) is 1. The third-order valence-corrected chi connectivity index (χ3v) is 2.60. The second-order valence-corrected chi connectivity index (χ2v) is 5.64. The predicted molar refractivity (Wildman–Crippen MR) is 76.7 cm³/mol. The number of pyridine rings is 1. The topological polar surface area (TPSA) is 83.3 Å². The second-order valence-electron chi connectivity index (χ2n) is 5.64. The lowest BCUT2D eigenvalue weighted by molar-refractivity contribution is 0.0924. The molecular weight excluding hydrogens is 242 g/mol. The Hall–Kier alpha value is -1.66. The van der Waals surface area contributed by atoms with Gasteiger partial charge in [0, 0.05) is 13.1 Å². The summed E-state index contributed by atoms with van der Waals surface area (Å²) in [6, 6.07) is 5.10. The highest BCUT2D eigenvalue weighted by Gasteiger charge is 2.20. The molecule has 0 atom stereocenters. The summed E-state index contributed by atoms with van der Waals surface area (Å²) in [5.41, 5.74) is 2.78. The van der Waals surface area contributed by atoms with Crippen molar-refractivity contribution in [2.75, 3.05) is 32.6 Å². The number of hydrogen-bond donors (Lipinski definition) is 3. The molecule has 0 aromatic carbocycles. The van der Waals surface area contributed by atoms with Crippen LogP contribution in [0.25, 0.3) is 0 Å². The number of anilines is 1. The van der Waals surface area contributed by atoms with Crippen LogP contribution >= 0.6 is 0 Å². The molecule has 1 aromatic heterocycles. The molecule has 0 aliphatic carbocycles. The molecule has 0 fully saturated rings. The Morgan fingerprint density at radius 1 is 1.42 bits per heavy atom. The molecule has 0 bridgehead atoms. The van der Waals surface area contributed by atoms with Crippen LogP contribution in [-0.4, -0.2) is 43.0 Å². The Morgan fingerprint density at radius 2 is 2.11 bits per heavy atom. The predicted octanol–water partition coefficient (Wildman–Crippen LogP) is 0.685. The van der Waals surface area contributed by atoms with Gasteiger partial charge < -0.3 is 15.6 Å². The van der Waals surface area contributed by atoms with Crippen LogP contribution in [0.3, 0.4) is 0 Å². The number of nitrogens with one attached hydrogen (secondary N) is 2. The summed E-state index contributed by atoms with van der Waals surface area (Å²) in [6.45, 7) is 5.70. The number of nitrogen functional groups attached to an aromatic ring is 1. The maximum absolute atomic E-state index is 12.0. The molecule has 0 unspecified atom stereocenters. The van der Waals surface area contributed by atoms with Gasteiger partial charge in [-0.3, -0.25) is 4.79 Å². The van der Waals surface area contributed by atoms with E-state index in [2.05, 4.69) is 34.5 Å². The van der Waals surface area contributed by atoms with Crippen LogP contribution < -0.4 is 16.6 Å². The molecule has 1 rings (SSSR count). The van der Waals surface area contributed by atoms with Crippen LogP contribution in [-0.2, 0) is 0 Å². The molecule has 6 heteroatoms. The minimum Gasteiger partial charge on any atom is -0.350 e. The summed E-state index contributed by atoms with van der Waals surface area (Å²) in [5, 5.41) is 2.90. The van der Waals surface area contributed by atoms with Gasteiger partial charge in [0.25, 0.3) is 5.91 Å². The van der Waals surface area contributed by atoms with E-state index >= 15 is 0 Å². The van der Waals surface area contributed by atoms with Crippen molar-refractivity contribution >= 4 is 11.7 Å². The van der Waals surface area contributed by atoms with Crippen molar-refractivity contribution in [3.05, 3.63) is 23.9 Å². The molecular formula is C13H23N5O. The monoisotopic (exact) mass is 265 g/mol. The SMILES string of the molecule is CN(C)CC(C)(C)CNC(=O)c1cccc(NN)n1. The third-order valence-electron chi connectivity index (χ3n) is 2.60. The zero-order chi connectivity index (χ0) is 14.5. The van der Waals surface area contributed by atoms with E-state index in [-0.39, 0.29) is 11.3 Å². The molecule has 0 radical (unpaired) electrons. The number of hydrazine groups is 1. The number of rotatable bonds is 6. The Morgan fingerprint density at radius 3 is 2.68 bits per heavy atom. The molecule has 0 spiro atoms. The highest BCUT2D eigenvalue weighted by molar-refractivity contribution is 5.92. The first kappa shape index (κ1) is 15.4. The fourth-order valence-corrected chi connectivity index (χ4v) is 1.96. The van der Waals surface area contributed by atoms with Gasteiger partial charge in [0.2, 0.25) is 0 Å². The van der Waals surface area contributed by atoms with Crippen LogP contribution in [0.1, 0.15) is 24.3 Å². The normalized spacial score (nSPS) is 11.5. The van der Waals surface area contributed by atoms with Gasteiger partial charge in [-0.1, -0.05) is 19.9 Å². The van der Waals surface area contributed by atoms with Crippen LogP contribution in [0.4, 0.5) is 5.82 Å². The van der Waals surface area contributed by atoms with E-state index in [1.807, 2.05) is 14.1 Å². The van der Waals surface area contributed by atoms with Crippen molar-refractivity contribution in [1.29, 1.82) is 0 Å². The van der Waals surface area contributed by atoms with E-state index < -0.39 is 0 Å². The Balaban J connectivity index is 2.60. The van der Waals surface area contributed by atoms with Crippen LogP contribution in [0.5, 0.6) is 0 Å². The van der Waals surface area contributed by atoms with Crippen LogP contribution in [0, 0.1) is 5.41 Å². The van der Waals surface area contributed by atoms with E-state index in [9.17, 15) is 4.79 Å². The first-order valence-electron chi connectivity index (χ1n) is 6.21. The summed E-state index contributed by atoms with van der Waals surface area (Å²) >= 11 is 0. The second kappa shape index (κ2) is 6.49. The summed E-state index contributed by atoms with van der Waals surface area (Å²) in [4.78, 5) is 18.2. The van der Waals surface area contributed by atoms with Gasteiger partial charge in [0.15, 0.2) is 0 Å². The molecule has 0 saturated carbocycles. The largest absolute Gasteiger partial charge is 0.350 e. The highest BCUT2D eigenvalue weighted by Crippen LogP contribution is 2.14. The number of carbonyl (C=O) groups is 1. The van der Waals surface area contributed by atoms with Gasteiger partial charge >= 0.3 is 0 Å². The maximum atomic E-state index is 12.0. The minimum atomic E-state index is -0.191. The Kier molecular flexibility index (Phi) is 5.26. The molecule has 1 aromatic rings. The molecule has 19 heavy (non-hydrogen) atoms. The number of nitrogens with zero attached hydrogens (tertiary/aromatic N) is 2. The molecule has 6 nitrogen and oxygen atoms in total. The van der Waals surface area contributed by atoms with Crippen molar-refractivity contribution in [3.63, 3.8) is 0 Å². The number of amides is 1. The standard InChI is InChI=1S/C13H23N5O/c1-13(2,9-18(3)4)8-15-12(19)10-6-5-7-11(16-10)17-14/h5-7H,8-9,14H2,1-4H3,(H,15,19)(H,16,17). The quantitative estimate of drug-likeness (QED) is 0.520. The van der Waals surface area contributed by atoms with Gasteiger partial charge in [0.05, 0.1) is 0 Å². The average molecular weight is 265 g/mol. The van der Waals surface area contributed by atoms with E-state index in [0.29, 0.717) is 18.1 Å². The minimum absolute atomic E-state index is 0.00286. The van der Waals surface area contributed by atoms with E-state index in [0.717, 1.165) is 6.54 Å². The zero-order valence-electron chi connectivity index (χ0n) is 12.0. The van der Waals surface area contributed by atoms with Crippen LogP contribution in [0.2, 0.25) is 0 Å². The fourth-order valence-electron chi connectivity index (χ4n) is 1.96. The highest BCUT2D eigenvalue weighted by atomic mass is 16.1. The number of hydrogen-bond acceptors (Lipinski definition) is 5. The summed E-state index contributed by atoms with van der Waals surface area (Å²) < 4.78 is 0. The smallest absolute Gasteiger partial charge is 0.269 e. The van der Waals surface area contributed by atoms with Gasteiger partial charge in [-0.05, 0) is 31.6 Å². The summed E-state index contributed by atoms with van der Waals surface area (Å²) in [5.74, 6) is 5.55. The van der Waals surface area contributed by atoms with Crippen LogP contribution in [0.15, 0.2) is 18.2 Å². The van der Waals surface area contributed by atoms with Crippen molar-refractivity contribution in [3.8, 4) is 0 Å².